The molecule has 110 valence electrons. The van der Waals surface area contributed by atoms with Crippen LogP contribution in [0.1, 0.15) is 5.56 Å². The number of nitrogens with zero attached hydrogens (tertiary/aromatic N) is 2. The molecule has 0 saturated heterocycles. The molecule has 0 spiro atoms. The largest absolute Gasteiger partial charge is 0.493 e. The van der Waals surface area contributed by atoms with E-state index in [1.54, 1.807) is 56.4 Å². The normalized spacial score (nSPS) is 10.6. The molecule has 0 radical (unpaired) electrons. The fraction of sp³-hybridized carbons (Fsp3) is 0.200. The Labute approximate surface area is 123 Å². The Bertz CT molecular complexity index is 662. The van der Waals surface area contributed by atoms with Crippen molar-refractivity contribution in [3.8, 4) is 11.5 Å². The molecule has 1 heterocycles. The van der Waals surface area contributed by atoms with Gasteiger partial charge in [-0.3, -0.25) is 10.1 Å². The third kappa shape index (κ3) is 3.62. The van der Waals surface area contributed by atoms with Crippen LogP contribution in [-0.2, 0) is 11.8 Å². The number of methoxy groups -OCH3 is 2. The van der Waals surface area contributed by atoms with Crippen LogP contribution in [0, 0.1) is 0 Å². The first-order valence-corrected chi connectivity index (χ1v) is 6.32. The Balaban J connectivity index is 2.07. The van der Waals surface area contributed by atoms with E-state index in [0.717, 1.165) is 5.56 Å². The van der Waals surface area contributed by atoms with E-state index in [1.165, 1.54) is 6.08 Å². The fourth-order valence-electron chi connectivity index (χ4n) is 1.77. The minimum atomic E-state index is -0.251. The lowest BCUT2D eigenvalue weighted by Gasteiger charge is -2.07. The first-order chi connectivity index (χ1) is 10.1. The summed E-state index contributed by atoms with van der Waals surface area (Å²) in [4.78, 5) is 15.8. The zero-order valence-corrected chi connectivity index (χ0v) is 12.2. The number of rotatable bonds is 5. The van der Waals surface area contributed by atoms with E-state index in [9.17, 15) is 4.79 Å². The predicted molar refractivity (Wildman–Crippen MR) is 80.4 cm³/mol. The minimum Gasteiger partial charge on any atom is -0.493 e. The van der Waals surface area contributed by atoms with Gasteiger partial charge in [0.05, 0.1) is 14.2 Å². The quantitative estimate of drug-likeness (QED) is 0.855. The summed E-state index contributed by atoms with van der Waals surface area (Å²) in [5.41, 5.74) is 0.836. The summed E-state index contributed by atoms with van der Waals surface area (Å²) in [5.74, 6) is 1.51. The summed E-state index contributed by atoms with van der Waals surface area (Å²) in [6.07, 6.45) is 6.51. The molecule has 0 aliphatic carbocycles. The highest BCUT2D eigenvalue weighted by atomic mass is 16.5. The molecule has 0 saturated carbocycles. The van der Waals surface area contributed by atoms with Crippen molar-refractivity contribution < 1.29 is 14.3 Å². The predicted octanol–water partition coefficient (Wildman–Crippen LogP) is 2.09. The standard InChI is InChI=1S/C15H17N3O3/c1-18-9-8-16-15(18)17-14(19)7-5-11-4-6-12(20-2)13(10-11)21-3/h4-10H,1-3H3,(H,16,17,19)/b7-5+. The summed E-state index contributed by atoms with van der Waals surface area (Å²) in [5, 5.41) is 2.68. The maximum atomic E-state index is 11.8. The molecule has 6 heteroatoms. The average Bonchev–Trinajstić information content (AvgIpc) is 2.90. The van der Waals surface area contributed by atoms with Crippen molar-refractivity contribution in [2.45, 2.75) is 0 Å². The lowest BCUT2D eigenvalue weighted by atomic mass is 10.2. The van der Waals surface area contributed by atoms with Gasteiger partial charge >= 0.3 is 0 Å². The second-order valence-electron chi connectivity index (χ2n) is 4.30. The first kappa shape index (κ1) is 14.6. The van der Waals surface area contributed by atoms with E-state index in [4.69, 9.17) is 9.47 Å². The van der Waals surface area contributed by atoms with Gasteiger partial charge in [0.15, 0.2) is 11.5 Å². The monoisotopic (exact) mass is 287 g/mol. The van der Waals surface area contributed by atoms with Crippen molar-refractivity contribution in [1.82, 2.24) is 9.55 Å². The number of hydrogen-bond donors (Lipinski definition) is 1. The SMILES string of the molecule is COc1ccc(/C=C/C(=O)Nc2nccn2C)cc1OC. The third-order valence-electron chi connectivity index (χ3n) is 2.89. The summed E-state index contributed by atoms with van der Waals surface area (Å²) < 4.78 is 12.1. The average molecular weight is 287 g/mol. The van der Waals surface area contributed by atoms with Crippen molar-refractivity contribution in [1.29, 1.82) is 0 Å². The molecule has 2 rings (SSSR count). The number of ether oxygens (including phenoxy) is 2. The number of benzene rings is 1. The minimum absolute atomic E-state index is 0.251. The Kier molecular flexibility index (Phi) is 4.61. The van der Waals surface area contributed by atoms with Crippen LogP contribution in [0.15, 0.2) is 36.7 Å². The van der Waals surface area contributed by atoms with Gasteiger partial charge in [-0.05, 0) is 23.8 Å². The molecule has 1 amide bonds. The van der Waals surface area contributed by atoms with E-state index >= 15 is 0 Å². The van der Waals surface area contributed by atoms with Gasteiger partial charge in [-0.25, -0.2) is 4.98 Å². The molecule has 0 unspecified atom stereocenters. The van der Waals surface area contributed by atoms with Gasteiger partial charge in [-0.15, -0.1) is 0 Å². The molecule has 0 aliphatic rings. The number of aromatic nitrogens is 2. The molecule has 2 aromatic rings. The topological polar surface area (TPSA) is 65.4 Å². The number of hydrogen-bond acceptors (Lipinski definition) is 4. The fourth-order valence-corrected chi connectivity index (χ4v) is 1.77. The number of anilines is 1. The zero-order valence-electron chi connectivity index (χ0n) is 12.2. The second kappa shape index (κ2) is 6.60. The number of aryl methyl sites for hydroxylation is 1. The van der Waals surface area contributed by atoms with E-state index in [2.05, 4.69) is 10.3 Å². The first-order valence-electron chi connectivity index (χ1n) is 6.32. The van der Waals surface area contributed by atoms with Crippen molar-refractivity contribution >= 4 is 17.9 Å². The highest BCUT2D eigenvalue weighted by Gasteiger charge is 2.04. The highest BCUT2D eigenvalue weighted by molar-refractivity contribution is 6.01. The number of nitrogens with one attached hydrogen (secondary N) is 1. The van der Waals surface area contributed by atoms with Gasteiger partial charge < -0.3 is 14.0 Å². The Morgan fingerprint density at radius 1 is 1.29 bits per heavy atom. The van der Waals surface area contributed by atoms with Crippen LogP contribution in [-0.4, -0.2) is 29.7 Å². The molecule has 6 nitrogen and oxygen atoms in total. The lowest BCUT2D eigenvalue weighted by Crippen LogP contribution is -2.11. The van der Waals surface area contributed by atoms with Gasteiger partial charge in [0, 0.05) is 25.5 Å². The van der Waals surface area contributed by atoms with Crippen LogP contribution in [0.3, 0.4) is 0 Å². The van der Waals surface area contributed by atoms with E-state index in [0.29, 0.717) is 17.4 Å². The molecular weight excluding hydrogens is 270 g/mol. The maximum Gasteiger partial charge on any atom is 0.250 e. The molecule has 0 atom stereocenters. The van der Waals surface area contributed by atoms with Gasteiger partial charge in [0.2, 0.25) is 5.95 Å². The third-order valence-corrected chi connectivity index (χ3v) is 2.89. The number of carbonyl (C=O) groups excluding carboxylic acids is 1. The number of carbonyl (C=O) groups is 1. The molecule has 1 N–H and O–H groups in total. The Morgan fingerprint density at radius 3 is 2.67 bits per heavy atom. The zero-order chi connectivity index (χ0) is 15.2. The van der Waals surface area contributed by atoms with Crippen LogP contribution in [0.4, 0.5) is 5.95 Å². The molecular formula is C15H17N3O3. The van der Waals surface area contributed by atoms with Gasteiger partial charge in [-0.2, -0.15) is 0 Å². The van der Waals surface area contributed by atoms with Crippen LogP contribution in [0.25, 0.3) is 6.08 Å². The van der Waals surface area contributed by atoms with Crippen molar-refractivity contribution in [2.75, 3.05) is 19.5 Å². The molecule has 0 aliphatic heterocycles. The number of amides is 1. The van der Waals surface area contributed by atoms with Crippen molar-refractivity contribution in [2.24, 2.45) is 7.05 Å². The highest BCUT2D eigenvalue weighted by Crippen LogP contribution is 2.27. The Morgan fingerprint density at radius 2 is 2.05 bits per heavy atom. The van der Waals surface area contributed by atoms with Crippen molar-refractivity contribution in [3.63, 3.8) is 0 Å². The maximum absolute atomic E-state index is 11.8. The van der Waals surface area contributed by atoms with E-state index in [-0.39, 0.29) is 5.91 Å². The number of imidazole rings is 1. The molecule has 21 heavy (non-hydrogen) atoms. The van der Waals surface area contributed by atoms with Gasteiger partial charge in [0.1, 0.15) is 0 Å². The molecule has 0 bridgehead atoms. The summed E-state index contributed by atoms with van der Waals surface area (Å²) >= 11 is 0. The van der Waals surface area contributed by atoms with Crippen LogP contribution >= 0.6 is 0 Å². The summed E-state index contributed by atoms with van der Waals surface area (Å²) in [7, 11) is 4.95. The van der Waals surface area contributed by atoms with Crippen LogP contribution < -0.4 is 14.8 Å². The molecule has 0 fully saturated rings. The molecule has 1 aromatic heterocycles. The lowest BCUT2D eigenvalue weighted by molar-refractivity contribution is -0.111. The summed E-state index contributed by atoms with van der Waals surface area (Å²) in [6, 6.07) is 5.42. The van der Waals surface area contributed by atoms with Crippen LogP contribution in [0.2, 0.25) is 0 Å². The Hall–Kier alpha value is -2.76. The molecule has 1 aromatic carbocycles. The van der Waals surface area contributed by atoms with Gasteiger partial charge in [0.25, 0.3) is 5.91 Å². The van der Waals surface area contributed by atoms with E-state index < -0.39 is 0 Å². The van der Waals surface area contributed by atoms with Crippen molar-refractivity contribution in [3.05, 3.63) is 42.2 Å². The van der Waals surface area contributed by atoms with Gasteiger partial charge in [-0.1, -0.05) is 6.07 Å². The smallest absolute Gasteiger partial charge is 0.250 e. The van der Waals surface area contributed by atoms with E-state index in [1.807, 2.05) is 6.07 Å². The summed E-state index contributed by atoms with van der Waals surface area (Å²) in [6.45, 7) is 0. The van der Waals surface area contributed by atoms with Crippen LogP contribution in [0.5, 0.6) is 11.5 Å². The second-order valence-corrected chi connectivity index (χ2v) is 4.30.